The van der Waals surface area contributed by atoms with Crippen molar-refractivity contribution in [3.8, 4) is 0 Å². The summed E-state index contributed by atoms with van der Waals surface area (Å²) < 4.78 is 26.9. The average molecular weight is 291 g/mol. The van der Waals surface area contributed by atoms with Crippen LogP contribution in [0.2, 0.25) is 0 Å². The van der Waals surface area contributed by atoms with Crippen molar-refractivity contribution in [3.05, 3.63) is 33.8 Å². The van der Waals surface area contributed by atoms with Crippen molar-refractivity contribution in [2.24, 2.45) is 11.3 Å². The van der Waals surface area contributed by atoms with E-state index in [4.69, 9.17) is 0 Å². The summed E-state index contributed by atoms with van der Waals surface area (Å²) in [4.78, 5) is 0. The van der Waals surface area contributed by atoms with Gasteiger partial charge in [-0.2, -0.15) is 0 Å². The van der Waals surface area contributed by atoms with Crippen LogP contribution in [-0.2, 0) is 0 Å². The van der Waals surface area contributed by atoms with Crippen LogP contribution in [0.25, 0.3) is 0 Å². The predicted octanol–water partition coefficient (Wildman–Crippen LogP) is 3.81. The van der Waals surface area contributed by atoms with Crippen molar-refractivity contribution in [2.45, 2.75) is 26.4 Å². The number of halogens is 3. The minimum absolute atomic E-state index is 0.0163. The number of aliphatic hydroxyl groups excluding tert-OH is 1. The molecule has 16 heavy (non-hydrogen) atoms. The van der Waals surface area contributed by atoms with Gasteiger partial charge < -0.3 is 5.11 Å². The number of rotatable bonds is 2. The second kappa shape index (κ2) is 3.77. The summed E-state index contributed by atoms with van der Waals surface area (Å²) in [6.07, 6.45) is -0.0803. The Morgan fingerprint density at radius 3 is 2.44 bits per heavy atom. The Hall–Kier alpha value is -0.480. The molecule has 1 N–H and O–H groups in total. The molecule has 0 radical (unpaired) electrons. The smallest absolute Gasteiger partial charge is 0.137 e. The molecule has 0 saturated heterocycles. The first-order valence-corrected chi connectivity index (χ1v) is 5.95. The molecule has 0 amide bonds. The number of hydrogen-bond donors (Lipinski definition) is 1. The molecule has 0 spiro atoms. The van der Waals surface area contributed by atoms with Crippen LogP contribution in [0.5, 0.6) is 0 Å². The SMILES string of the molecule is CC1(C)CC1C(O)c1cc(F)c(Br)cc1F. The van der Waals surface area contributed by atoms with Gasteiger partial charge in [-0.25, -0.2) is 8.78 Å². The lowest BCUT2D eigenvalue weighted by Crippen LogP contribution is -2.07. The van der Waals surface area contributed by atoms with Gasteiger partial charge in [-0.05, 0) is 45.8 Å². The molecular weight excluding hydrogens is 278 g/mol. The Bertz CT molecular complexity index is 431. The van der Waals surface area contributed by atoms with E-state index in [9.17, 15) is 13.9 Å². The fourth-order valence-corrected chi connectivity index (χ4v) is 2.34. The molecule has 1 saturated carbocycles. The fraction of sp³-hybridized carbons (Fsp3) is 0.500. The van der Waals surface area contributed by atoms with E-state index in [0.717, 1.165) is 18.6 Å². The van der Waals surface area contributed by atoms with E-state index in [1.807, 2.05) is 13.8 Å². The zero-order valence-electron chi connectivity index (χ0n) is 9.10. The third-order valence-electron chi connectivity index (χ3n) is 3.33. The lowest BCUT2D eigenvalue weighted by Gasteiger charge is -2.14. The summed E-state index contributed by atoms with van der Waals surface area (Å²) in [6, 6.07) is 2.13. The van der Waals surface area contributed by atoms with Crippen LogP contribution in [0.3, 0.4) is 0 Å². The van der Waals surface area contributed by atoms with Crippen molar-refractivity contribution in [1.29, 1.82) is 0 Å². The predicted molar refractivity (Wildman–Crippen MR) is 60.9 cm³/mol. The maximum Gasteiger partial charge on any atom is 0.137 e. The Morgan fingerprint density at radius 1 is 1.38 bits per heavy atom. The summed E-state index contributed by atoms with van der Waals surface area (Å²) in [5.74, 6) is -1.10. The molecule has 1 fully saturated rings. The van der Waals surface area contributed by atoms with Gasteiger partial charge in [-0.15, -0.1) is 0 Å². The van der Waals surface area contributed by atoms with Crippen LogP contribution in [-0.4, -0.2) is 5.11 Å². The minimum atomic E-state index is -0.919. The summed E-state index contributed by atoms with van der Waals surface area (Å²) in [7, 11) is 0. The Morgan fingerprint density at radius 2 is 1.94 bits per heavy atom. The monoisotopic (exact) mass is 290 g/mol. The first-order chi connectivity index (χ1) is 7.33. The molecule has 2 rings (SSSR count). The fourth-order valence-electron chi connectivity index (χ4n) is 2.03. The largest absolute Gasteiger partial charge is 0.388 e. The van der Waals surface area contributed by atoms with Gasteiger partial charge in [0.05, 0.1) is 10.6 Å². The third kappa shape index (κ3) is 2.00. The first-order valence-electron chi connectivity index (χ1n) is 5.15. The molecule has 0 aromatic heterocycles. The molecule has 1 aliphatic rings. The second-order valence-corrected chi connectivity index (χ2v) is 5.89. The molecule has 1 aromatic rings. The van der Waals surface area contributed by atoms with Crippen molar-refractivity contribution < 1.29 is 13.9 Å². The van der Waals surface area contributed by atoms with Crippen LogP contribution < -0.4 is 0 Å². The van der Waals surface area contributed by atoms with Gasteiger partial charge in [0.25, 0.3) is 0 Å². The molecule has 4 heteroatoms. The molecule has 0 bridgehead atoms. The molecule has 1 nitrogen and oxygen atoms in total. The van der Waals surface area contributed by atoms with Gasteiger partial charge in [0.15, 0.2) is 0 Å². The Kier molecular flexibility index (Phi) is 2.83. The standard InChI is InChI=1S/C12H13BrF2O/c1-12(2)5-7(12)11(16)6-3-10(15)8(13)4-9(6)14/h3-4,7,11,16H,5H2,1-2H3. The molecule has 0 heterocycles. The van der Waals surface area contributed by atoms with E-state index in [0.29, 0.717) is 0 Å². The van der Waals surface area contributed by atoms with Gasteiger partial charge >= 0.3 is 0 Å². The quantitative estimate of drug-likeness (QED) is 0.822. The zero-order chi connectivity index (χ0) is 12.1. The average Bonchev–Trinajstić information content (AvgIpc) is 2.80. The van der Waals surface area contributed by atoms with E-state index in [1.54, 1.807) is 0 Å². The highest BCUT2D eigenvalue weighted by Gasteiger charge is 2.50. The normalized spacial score (nSPS) is 24.2. The van der Waals surface area contributed by atoms with Crippen molar-refractivity contribution >= 4 is 15.9 Å². The van der Waals surface area contributed by atoms with Crippen LogP contribution in [0.15, 0.2) is 16.6 Å². The first kappa shape index (κ1) is 12.0. The van der Waals surface area contributed by atoms with Crippen molar-refractivity contribution in [1.82, 2.24) is 0 Å². The van der Waals surface area contributed by atoms with Gasteiger partial charge in [-0.1, -0.05) is 13.8 Å². The highest BCUT2D eigenvalue weighted by atomic mass is 79.9. The van der Waals surface area contributed by atoms with Gasteiger partial charge in [0, 0.05) is 5.56 Å². The van der Waals surface area contributed by atoms with Crippen molar-refractivity contribution in [3.63, 3.8) is 0 Å². The second-order valence-electron chi connectivity index (χ2n) is 5.03. The summed E-state index contributed by atoms with van der Waals surface area (Å²) >= 11 is 2.91. The number of hydrogen-bond acceptors (Lipinski definition) is 1. The van der Waals surface area contributed by atoms with E-state index in [-0.39, 0.29) is 21.4 Å². The zero-order valence-corrected chi connectivity index (χ0v) is 10.7. The van der Waals surface area contributed by atoms with Gasteiger partial charge in [-0.3, -0.25) is 0 Å². The van der Waals surface area contributed by atoms with E-state index < -0.39 is 17.7 Å². The Balaban J connectivity index is 2.31. The molecule has 2 atom stereocenters. The maximum atomic E-state index is 13.6. The minimum Gasteiger partial charge on any atom is -0.388 e. The molecule has 1 aliphatic carbocycles. The number of benzene rings is 1. The maximum absolute atomic E-state index is 13.6. The summed E-state index contributed by atoms with van der Waals surface area (Å²) in [5, 5.41) is 9.97. The summed E-state index contributed by atoms with van der Waals surface area (Å²) in [5.41, 5.74) is 0.0753. The summed E-state index contributed by atoms with van der Waals surface area (Å²) in [6.45, 7) is 4.02. The van der Waals surface area contributed by atoms with Crippen LogP contribution in [0.1, 0.15) is 31.9 Å². The lowest BCUT2D eigenvalue weighted by molar-refractivity contribution is 0.134. The van der Waals surface area contributed by atoms with Crippen molar-refractivity contribution in [2.75, 3.05) is 0 Å². The Labute approximate surface area is 102 Å². The molecule has 88 valence electrons. The van der Waals surface area contributed by atoms with Gasteiger partial charge in [0.1, 0.15) is 11.6 Å². The molecule has 1 aromatic carbocycles. The third-order valence-corrected chi connectivity index (χ3v) is 3.94. The van der Waals surface area contributed by atoms with Crippen LogP contribution in [0.4, 0.5) is 8.78 Å². The van der Waals surface area contributed by atoms with E-state index in [2.05, 4.69) is 15.9 Å². The van der Waals surface area contributed by atoms with Crippen LogP contribution in [0, 0.1) is 23.0 Å². The topological polar surface area (TPSA) is 20.2 Å². The van der Waals surface area contributed by atoms with E-state index >= 15 is 0 Å². The molecule has 0 aliphatic heterocycles. The van der Waals surface area contributed by atoms with Crippen LogP contribution >= 0.6 is 15.9 Å². The van der Waals surface area contributed by atoms with Gasteiger partial charge in [0.2, 0.25) is 0 Å². The van der Waals surface area contributed by atoms with E-state index in [1.165, 1.54) is 0 Å². The number of aliphatic hydroxyl groups is 1. The molecule has 2 unspecified atom stereocenters. The lowest BCUT2D eigenvalue weighted by atomic mass is 9.99. The highest BCUT2D eigenvalue weighted by Crippen LogP contribution is 2.58. The highest BCUT2D eigenvalue weighted by molar-refractivity contribution is 9.10. The molecular formula is C12H13BrF2O.